The summed E-state index contributed by atoms with van der Waals surface area (Å²) in [5, 5.41) is 0. The highest BCUT2D eigenvalue weighted by atomic mass is 35.5. The normalized spacial score (nSPS) is 26.1. The van der Waals surface area contributed by atoms with Crippen LogP contribution in [0.3, 0.4) is 0 Å². The van der Waals surface area contributed by atoms with Gasteiger partial charge in [0.1, 0.15) is 5.75 Å². The zero-order valence-electron chi connectivity index (χ0n) is 14.0. The number of nitrogens with two attached hydrogens (primary N) is 1. The molecule has 1 atom stereocenters. The maximum absolute atomic E-state index is 13.0. The monoisotopic (exact) mass is 338 g/mol. The molecular weight excluding hydrogens is 312 g/mol. The highest BCUT2D eigenvalue weighted by Crippen LogP contribution is 2.41. The van der Waals surface area contributed by atoms with Gasteiger partial charge in [-0.15, -0.1) is 12.4 Å². The number of hydrogen-bond acceptors (Lipinski definition) is 3. The molecule has 23 heavy (non-hydrogen) atoms. The molecule has 3 rings (SSSR count). The largest absolute Gasteiger partial charge is 0.496 e. The molecular formula is C18H27ClN2O2. The Labute approximate surface area is 144 Å². The summed E-state index contributed by atoms with van der Waals surface area (Å²) in [5.41, 5.74) is 8.34. The summed E-state index contributed by atoms with van der Waals surface area (Å²) in [6.07, 6.45) is 5.95. The number of aryl methyl sites for hydroxylation is 1. The number of fused-ring (bicyclic) bond motifs is 1. The van der Waals surface area contributed by atoms with Gasteiger partial charge < -0.3 is 15.4 Å². The number of nitrogens with zero attached hydrogens (tertiary/aromatic N) is 1. The summed E-state index contributed by atoms with van der Waals surface area (Å²) in [6.45, 7) is 0. The summed E-state index contributed by atoms with van der Waals surface area (Å²) in [7, 11) is 3.64. The first-order chi connectivity index (χ1) is 10.6. The predicted molar refractivity (Wildman–Crippen MR) is 94.3 cm³/mol. The van der Waals surface area contributed by atoms with E-state index >= 15 is 0 Å². The van der Waals surface area contributed by atoms with Crippen molar-refractivity contribution in [2.75, 3.05) is 14.2 Å². The molecule has 0 spiro atoms. The Hall–Kier alpha value is -1.26. The molecule has 0 saturated heterocycles. The first-order valence-electron chi connectivity index (χ1n) is 8.30. The van der Waals surface area contributed by atoms with E-state index in [-0.39, 0.29) is 24.2 Å². The second-order valence-electron chi connectivity index (χ2n) is 6.64. The van der Waals surface area contributed by atoms with E-state index in [4.69, 9.17) is 10.5 Å². The van der Waals surface area contributed by atoms with Crippen molar-refractivity contribution in [3.8, 4) is 5.75 Å². The standard InChI is InChI=1S/C18H26N2O2.ClH/c1-20(14-9-7-13(19)8-10-14)18(21)15-11-6-12-4-3-5-16(22-2)17(12)15;/h3-5,13-15H,6-11,19H2,1-2H3;1H. The van der Waals surface area contributed by atoms with Crippen molar-refractivity contribution < 1.29 is 9.53 Å². The van der Waals surface area contributed by atoms with Gasteiger partial charge in [0, 0.05) is 24.7 Å². The summed E-state index contributed by atoms with van der Waals surface area (Å²) in [6, 6.07) is 6.74. The number of amides is 1. The highest BCUT2D eigenvalue weighted by molar-refractivity contribution is 5.86. The van der Waals surface area contributed by atoms with Crippen LogP contribution in [0.15, 0.2) is 18.2 Å². The van der Waals surface area contributed by atoms with Crippen LogP contribution in [0.1, 0.15) is 49.1 Å². The van der Waals surface area contributed by atoms with E-state index in [9.17, 15) is 4.79 Å². The third-order valence-electron chi connectivity index (χ3n) is 5.36. The van der Waals surface area contributed by atoms with Gasteiger partial charge in [0.05, 0.1) is 13.0 Å². The van der Waals surface area contributed by atoms with Crippen molar-refractivity contribution >= 4 is 18.3 Å². The lowest BCUT2D eigenvalue weighted by molar-refractivity contribution is -0.134. The van der Waals surface area contributed by atoms with Gasteiger partial charge >= 0.3 is 0 Å². The van der Waals surface area contributed by atoms with Gasteiger partial charge in [0.15, 0.2) is 0 Å². The molecule has 2 aliphatic rings. The Morgan fingerprint density at radius 3 is 2.57 bits per heavy atom. The lowest BCUT2D eigenvalue weighted by Gasteiger charge is -2.35. The zero-order chi connectivity index (χ0) is 15.7. The van der Waals surface area contributed by atoms with Gasteiger partial charge in [-0.2, -0.15) is 0 Å². The molecule has 4 nitrogen and oxygen atoms in total. The first kappa shape index (κ1) is 18.1. The van der Waals surface area contributed by atoms with Gasteiger partial charge in [0.2, 0.25) is 5.91 Å². The van der Waals surface area contributed by atoms with E-state index in [0.29, 0.717) is 12.1 Å². The van der Waals surface area contributed by atoms with E-state index in [1.807, 2.05) is 24.1 Å². The van der Waals surface area contributed by atoms with Gasteiger partial charge in [-0.1, -0.05) is 12.1 Å². The molecule has 0 aromatic heterocycles. The van der Waals surface area contributed by atoms with Crippen LogP contribution in [0.25, 0.3) is 0 Å². The van der Waals surface area contributed by atoms with Crippen LogP contribution in [0.5, 0.6) is 5.75 Å². The number of hydrogen-bond donors (Lipinski definition) is 1. The van der Waals surface area contributed by atoms with Crippen LogP contribution >= 0.6 is 12.4 Å². The molecule has 0 aliphatic heterocycles. The second-order valence-corrected chi connectivity index (χ2v) is 6.64. The second kappa shape index (κ2) is 7.54. The van der Waals surface area contributed by atoms with Crippen LogP contribution in [-0.2, 0) is 11.2 Å². The lowest BCUT2D eigenvalue weighted by atomic mass is 9.89. The Morgan fingerprint density at radius 2 is 1.91 bits per heavy atom. The van der Waals surface area contributed by atoms with Crippen molar-refractivity contribution in [2.24, 2.45) is 5.73 Å². The fraction of sp³-hybridized carbons (Fsp3) is 0.611. The highest BCUT2D eigenvalue weighted by Gasteiger charge is 2.35. The maximum atomic E-state index is 13.0. The SMILES string of the molecule is COc1cccc2c1C(C(=O)N(C)C1CCC(N)CC1)CC2.Cl. The number of likely N-dealkylation sites (N-methyl/N-ethyl adjacent to an activating group) is 1. The predicted octanol–water partition coefficient (Wildman–Crippen LogP) is 2.88. The van der Waals surface area contributed by atoms with Gasteiger partial charge in [-0.05, 0) is 50.2 Å². The molecule has 0 bridgehead atoms. The Kier molecular flexibility index (Phi) is 5.93. The average molecular weight is 339 g/mol. The summed E-state index contributed by atoms with van der Waals surface area (Å²) in [4.78, 5) is 15.0. The molecule has 1 fully saturated rings. The van der Waals surface area contributed by atoms with Crippen LogP contribution < -0.4 is 10.5 Å². The number of carbonyl (C=O) groups excluding carboxylic acids is 1. The van der Waals surface area contributed by atoms with Gasteiger partial charge in [-0.25, -0.2) is 0 Å². The lowest BCUT2D eigenvalue weighted by Crippen LogP contribution is -2.43. The fourth-order valence-corrected chi connectivity index (χ4v) is 3.99. The number of halogens is 1. The minimum absolute atomic E-state index is 0. The summed E-state index contributed by atoms with van der Waals surface area (Å²) >= 11 is 0. The van der Waals surface area contributed by atoms with Crippen molar-refractivity contribution in [1.82, 2.24) is 4.90 Å². The zero-order valence-corrected chi connectivity index (χ0v) is 14.8. The van der Waals surface area contributed by atoms with Crippen molar-refractivity contribution in [3.05, 3.63) is 29.3 Å². The topological polar surface area (TPSA) is 55.6 Å². The van der Waals surface area contributed by atoms with E-state index in [1.165, 1.54) is 5.56 Å². The van der Waals surface area contributed by atoms with Crippen LogP contribution in [-0.4, -0.2) is 37.0 Å². The molecule has 1 unspecified atom stereocenters. The van der Waals surface area contributed by atoms with Crippen LogP contribution in [0, 0.1) is 0 Å². The van der Waals surface area contributed by atoms with Gasteiger partial charge in [0.25, 0.3) is 0 Å². The van der Waals surface area contributed by atoms with Crippen molar-refractivity contribution in [3.63, 3.8) is 0 Å². The minimum Gasteiger partial charge on any atom is -0.496 e. The van der Waals surface area contributed by atoms with E-state index in [0.717, 1.165) is 49.8 Å². The number of ether oxygens (including phenoxy) is 1. The maximum Gasteiger partial charge on any atom is 0.230 e. The molecule has 5 heteroatoms. The molecule has 2 aliphatic carbocycles. The molecule has 1 saturated carbocycles. The van der Waals surface area contributed by atoms with Gasteiger partial charge in [-0.3, -0.25) is 4.79 Å². The van der Waals surface area contributed by atoms with Crippen molar-refractivity contribution in [1.29, 1.82) is 0 Å². The molecule has 1 aromatic carbocycles. The molecule has 0 radical (unpaired) electrons. The average Bonchev–Trinajstić information content (AvgIpc) is 2.98. The Balaban J connectivity index is 0.00000192. The molecule has 128 valence electrons. The molecule has 1 aromatic rings. The fourth-order valence-electron chi connectivity index (χ4n) is 3.99. The first-order valence-corrected chi connectivity index (χ1v) is 8.30. The van der Waals surface area contributed by atoms with Crippen LogP contribution in [0.4, 0.5) is 0 Å². The number of methoxy groups -OCH3 is 1. The summed E-state index contributed by atoms with van der Waals surface area (Å²) in [5.74, 6) is 1.04. The Morgan fingerprint density at radius 1 is 1.22 bits per heavy atom. The summed E-state index contributed by atoms with van der Waals surface area (Å²) < 4.78 is 5.49. The van der Waals surface area contributed by atoms with E-state index in [2.05, 4.69) is 6.07 Å². The third kappa shape index (κ3) is 3.48. The number of rotatable bonds is 3. The minimum atomic E-state index is -0.0493. The van der Waals surface area contributed by atoms with E-state index in [1.54, 1.807) is 7.11 Å². The van der Waals surface area contributed by atoms with Crippen LogP contribution in [0.2, 0.25) is 0 Å². The number of benzene rings is 1. The third-order valence-corrected chi connectivity index (χ3v) is 5.36. The Bertz CT molecular complexity index is 556. The quantitative estimate of drug-likeness (QED) is 0.922. The molecule has 2 N–H and O–H groups in total. The molecule has 0 heterocycles. The number of carbonyl (C=O) groups is 1. The smallest absolute Gasteiger partial charge is 0.230 e. The van der Waals surface area contributed by atoms with Crippen molar-refractivity contribution in [2.45, 2.75) is 56.5 Å². The molecule has 1 amide bonds. The van der Waals surface area contributed by atoms with E-state index < -0.39 is 0 Å².